The fraction of sp³-hybridized carbons (Fsp3) is 1.00. The topological polar surface area (TPSA) is 18.5 Å². The van der Waals surface area contributed by atoms with Crippen molar-refractivity contribution in [1.29, 1.82) is 0 Å². The maximum absolute atomic E-state index is 5.47. The van der Waals surface area contributed by atoms with E-state index in [1.165, 1.54) is 0 Å². The Morgan fingerprint density at radius 2 is 1.09 bits per heavy atom. The summed E-state index contributed by atoms with van der Waals surface area (Å²) in [6, 6.07) is 0. The Labute approximate surface area is 73.5 Å². The van der Waals surface area contributed by atoms with Crippen molar-refractivity contribution in [3.8, 4) is 0 Å². The van der Waals surface area contributed by atoms with Gasteiger partial charge in [0, 0.05) is 0 Å². The summed E-state index contributed by atoms with van der Waals surface area (Å²) >= 11 is 5.47. The van der Waals surface area contributed by atoms with Crippen LogP contribution in [0.5, 0.6) is 0 Å². The van der Waals surface area contributed by atoms with Gasteiger partial charge in [-0.25, -0.2) is 4.00 Å². The van der Waals surface area contributed by atoms with Gasteiger partial charge in [-0.2, -0.15) is 0 Å². The number of quaternary nitrogens is 1. The van der Waals surface area contributed by atoms with Crippen LogP contribution in [0.2, 0.25) is 0 Å². The highest BCUT2D eigenvalue weighted by Gasteiger charge is 1.95. The molecule has 0 spiro atoms. The first-order valence-electron chi connectivity index (χ1n) is 3.67. The normalized spacial score (nSPS) is 18.5. The molecule has 4 heteroatoms. The second-order valence-electron chi connectivity index (χ2n) is 3.07. The molecule has 0 amide bonds. The molecule has 0 bridgehead atoms. The third kappa shape index (κ3) is 17.8. The van der Waals surface area contributed by atoms with Crippen LogP contribution in [0.15, 0.2) is 0 Å². The van der Waals surface area contributed by atoms with E-state index in [4.69, 9.17) is 21.3 Å². The third-order valence-corrected chi connectivity index (χ3v) is 0.744. The van der Waals surface area contributed by atoms with E-state index in [1.54, 1.807) is 0 Å². The molecule has 68 valence electrons. The van der Waals surface area contributed by atoms with Crippen molar-refractivity contribution in [1.82, 2.24) is 0 Å². The molecule has 0 aliphatic carbocycles. The van der Waals surface area contributed by atoms with Crippen LogP contribution in [0.4, 0.5) is 0 Å². The largest absolute Gasteiger partial charge is 0.377 e. The van der Waals surface area contributed by atoms with Crippen molar-refractivity contribution in [2.45, 2.75) is 0 Å². The van der Waals surface area contributed by atoms with Gasteiger partial charge in [0.05, 0.1) is 47.6 Å². The zero-order valence-corrected chi connectivity index (χ0v) is 8.23. The van der Waals surface area contributed by atoms with Gasteiger partial charge in [-0.3, -0.25) is 0 Å². The molecule has 1 saturated heterocycles. The van der Waals surface area contributed by atoms with Crippen molar-refractivity contribution in [3.63, 3.8) is 0 Å². The molecule has 1 rings (SSSR count). The lowest BCUT2D eigenvalue weighted by atomic mass is 10.6. The van der Waals surface area contributed by atoms with Crippen LogP contribution < -0.4 is 0 Å². The summed E-state index contributed by atoms with van der Waals surface area (Å²) in [5.74, 6) is 0. The molecule has 1 fully saturated rings. The van der Waals surface area contributed by atoms with Crippen LogP contribution in [0.3, 0.4) is 0 Å². The molecule has 1 heterocycles. The lowest BCUT2D eigenvalue weighted by Crippen LogP contribution is -2.19. The zero-order valence-electron chi connectivity index (χ0n) is 7.47. The quantitative estimate of drug-likeness (QED) is 0.518. The van der Waals surface area contributed by atoms with Crippen LogP contribution in [-0.2, 0) is 9.47 Å². The van der Waals surface area contributed by atoms with E-state index in [-0.39, 0.29) is 0 Å². The summed E-state index contributed by atoms with van der Waals surface area (Å²) in [5, 5.41) is 0. The van der Waals surface area contributed by atoms with Crippen LogP contribution in [0.25, 0.3) is 0 Å². The molecule has 0 aromatic heterocycles. The molecule has 0 atom stereocenters. The Morgan fingerprint density at radius 3 is 1.18 bits per heavy atom. The minimum absolute atomic E-state index is 0.472. The molecule has 0 radical (unpaired) electrons. The minimum atomic E-state index is 0.472. The number of nitrogens with zero attached hydrogens (tertiary/aromatic N) is 1. The van der Waals surface area contributed by atoms with Gasteiger partial charge >= 0.3 is 0 Å². The van der Waals surface area contributed by atoms with Gasteiger partial charge in [-0.05, 0) is 0 Å². The minimum Gasteiger partial charge on any atom is -0.377 e. The SMILES string of the molecule is C1COCCO1.C[N+](C)(C)Cl. The summed E-state index contributed by atoms with van der Waals surface area (Å²) in [7, 11) is 5.67. The fourth-order valence-corrected chi connectivity index (χ4v) is 0.440. The lowest BCUT2D eigenvalue weighted by molar-refractivity contribution is -0.747. The molecule has 1 aliphatic heterocycles. The first-order chi connectivity index (χ1) is 5.00. The van der Waals surface area contributed by atoms with Gasteiger partial charge in [-0.1, -0.05) is 0 Å². The van der Waals surface area contributed by atoms with Gasteiger partial charge in [0.1, 0.15) is 0 Å². The third-order valence-electron chi connectivity index (χ3n) is 0.744. The maximum atomic E-state index is 5.47. The standard InChI is InChI=1S/C4H8O2.C3H9ClN/c1-2-6-4-3-5-1;1-5(2,3)4/h1-4H2;1-3H3/q;+1. The maximum Gasteiger partial charge on any atom is 0.164 e. The van der Waals surface area contributed by atoms with Crippen molar-refractivity contribution in [3.05, 3.63) is 0 Å². The predicted molar refractivity (Wildman–Crippen MR) is 45.5 cm³/mol. The van der Waals surface area contributed by atoms with Gasteiger partial charge in [-0.15, -0.1) is 0 Å². The molecule has 1 aliphatic rings. The van der Waals surface area contributed by atoms with Crippen LogP contribution in [-0.4, -0.2) is 51.6 Å². The zero-order chi connectivity index (χ0) is 8.74. The summed E-state index contributed by atoms with van der Waals surface area (Å²) in [6.07, 6.45) is 0. The summed E-state index contributed by atoms with van der Waals surface area (Å²) in [6.45, 7) is 3.11. The summed E-state index contributed by atoms with van der Waals surface area (Å²) in [5.41, 5.74) is 0. The second-order valence-corrected chi connectivity index (χ2v) is 4.09. The number of halogens is 1. The Bertz CT molecular complexity index is 71.4. The van der Waals surface area contributed by atoms with Crippen LogP contribution in [0, 0.1) is 0 Å². The first kappa shape index (κ1) is 11.2. The average Bonchev–Trinajstić information content (AvgIpc) is 1.88. The van der Waals surface area contributed by atoms with Gasteiger partial charge < -0.3 is 9.47 Å². The number of hydrogen-bond donors (Lipinski definition) is 0. The van der Waals surface area contributed by atoms with Crippen molar-refractivity contribution < 1.29 is 13.5 Å². The highest BCUT2D eigenvalue weighted by molar-refractivity contribution is 6.06. The summed E-state index contributed by atoms with van der Waals surface area (Å²) < 4.78 is 10.4. The van der Waals surface area contributed by atoms with E-state index in [2.05, 4.69) is 0 Å². The van der Waals surface area contributed by atoms with E-state index in [9.17, 15) is 0 Å². The molecular formula is C7H17ClNO2+. The van der Waals surface area contributed by atoms with E-state index in [0.717, 1.165) is 26.4 Å². The highest BCUT2D eigenvalue weighted by Crippen LogP contribution is 1.91. The van der Waals surface area contributed by atoms with E-state index in [0.29, 0.717) is 4.00 Å². The van der Waals surface area contributed by atoms with Crippen LogP contribution >= 0.6 is 11.8 Å². The number of hydrogen-bond acceptors (Lipinski definition) is 2. The Balaban J connectivity index is 0.000000187. The molecule has 0 saturated carbocycles. The van der Waals surface area contributed by atoms with Crippen LogP contribution in [0.1, 0.15) is 0 Å². The molecule has 0 N–H and O–H groups in total. The van der Waals surface area contributed by atoms with Gasteiger partial charge in [0.15, 0.2) is 11.8 Å². The predicted octanol–water partition coefficient (Wildman–Crippen LogP) is 0.880. The lowest BCUT2D eigenvalue weighted by Gasteiger charge is -2.09. The molecule has 11 heavy (non-hydrogen) atoms. The smallest absolute Gasteiger partial charge is 0.164 e. The highest BCUT2D eigenvalue weighted by atomic mass is 35.5. The monoisotopic (exact) mass is 182 g/mol. The van der Waals surface area contributed by atoms with E-state index in [1.807, 2.05) is 21.1 Å². The Morgan fingerprint density at radius 1 is 0.909 bits per heavy atom. The van der Waals surface area contributed by atoms with E-state index >= 15 is 0 Å². The molecule has 0 aromatic rings. The fourth-order valence-electron chi connectivity index (χ4n) is 0.440. The Kier molecular flexibility index (Phi) is 5.86. The van der Waals surface area contributed by atoms with Crippen molar-refractivity contribution >= 4 is 11.8 Å². The number of ether oxygens (including phenoxy) is 2. The molecular weight excluding hydrogens is 166 g/mol. The second kappa shape index (κ2) is 5.77. The van der Waals surface area contributed by atoms with Gasteiger partial charge in [0.2, 0.25) is 0 Å². The van der Waals surface area contributed by atoms with Crippen molar-refractivity contribution in [2.24, 2.45) is 0 Å². The average molecular weight is 183 g/mol. The van der Waals surface area contributed by atoms with Crippen molar-refractivity contribution in [2.75, 3.05) is 47.6 Å². The molecule has 0 aromatic carbocycles. The summed E-state index contributed by atoms with van der Waals surface area (Å²) in [4.78, 5) is 0. The number of rotatable bonds is 0. The van der Waals surface area contributed by atoms with E-state index < -0.39 is 0 Å². The molecule has 3 nitrogen and oxygen atoms in total. The first-order valence-corrected chi connectivity index (χ1v) is 4.00. The molecule has 0 unspecified atom stereocenters. The Hall–Kier alpha value is 0.170. The van der Waals surface area contributed by atoms with Gasteiger partial charge in [0.25, 0.3) is 0 Å².